The summed E-state index contributed by atoms with van der Waals surface area (Å²) in [5.41, 5.74) is 6.37. The molecular weight excluding hydrogens is 431 g/mol. The van der Waals surface area contributed by atoms with Gasteiger partial charge in [-0.15, -0.1) is 0 Å². The van der Waals surface area contributed by atoms with Crippen LogP contribution in [0.5, 0.6) is 0 Å². The molecule has 2 rings (SSSR count). The zero-order valence-corrected chi connectivity index (χ0v) is 17.8. The highest BCUT2D eigenvalue weighted by Gasteiger charge is 2.03. The number of nitrogens with one attached hydrogen (secondary N) is 2. The summed E-state index contributed by atoms with van der Waals surface area (Å²) < 4.78 is 0. The molecule has 9 heteroatoms. The smallest absolute Gasteiger partial charge is 0.240 e. The predicted molar refractivity (Wildman–Crippen MR) is 121 cm³/mol. The third kappa shape index (κ3) is 9.13. The van der Waals surface area contributed by atoms with Gasteiger partial charge in [0.15, 0.2) is 0 Å². The Morgan fingerprint density at radius 2 is 1.21 bits per heavy atom. The molecule has 29 heavy (non-hydrogen) atoms. The van der Waals surface area contributed by atoms with E-state index in [1.807, 2.05) is 24.3 Å². The molecule has 6 nitrogen and oxygen atoms in total. The molecule has 0 atom stereocenters. The molecule has 0 saturated carbocycles. The Hall–Kier alpha value is -2.35. The summed E-state index contributed by atoms with van der Waals surface area (Å²) >= 11 is 13.5. The standard InChI is InChI=1S/C20H20Cl2N4O2S/c21-17-7-3-1-5-15(17)13-23-25-19(27)9-11-29-12-10-20(28)26-24-14-16-6-2-4-8-18(16)22/h1-8,13-14H,9-12H2,(H,25,27)(H,26,28). The van der Waals surface area contributed by atoms with Crippen molar-refractivity contribution in [2.45, 2.75) is 12.8 Å². The second kappa shape index (κ2) is 13.0. The van der Waals surface area contributed by atoms with Crippen molar-refractivity contribution in [1.82, 2.24) is 10.9 Å². The van der Waals surface area contributed by atoms with Crippen LogP contribution in [0.25, 0.3) is 0 Å². The second-order valence-corrected chi connectivity index (χ2v) is 7.78. The minimum atomic E-state index is -0.199. The number of benzene rings is 2. The van der Waals surface area contributed by atoms with Gasteiger partial charge in [0, 0.05) is 45.5 Å². The van der Waals surface area contributed by atoms with E-state index in [9.17, 15) is 9.59 Å². The van der Waals surface area contributed by atoms with Gasteiger partial charge < -0.3 is 0 Å². The van der Waals surface area contributed by atoms with Gasteiger partial charge in [-0.05, 0) is 12.1 Å². The maximum absolute atomic E-state index is 11.7. The van der Waals surface area contributed by atoms with E-state index >= 15 is 0 Å². The second-order valence-electron chi connectivity index (χ2n) is 5.74. The van der Waals surface area contributed by atoms with Crippen molar-refractivity contribution < 1.29 is 9.59 Å². The molecular formula is C20H20Cl2N4O2S. The van der Waals surface area contributed by atoms with Gasteiger partial charge in [0.1, 0.15) is 0 Å². The number of rotatable bonds is 10. The van der Waals surface area contributed by atoms with Crippen LogP contribution in [0.4, 0.5) is 0 Å². The molecule has 0 radical (unpaired) electrons. The molecule has 152 valence electrons. The van der Waals surface area contributed by atoms with Gasteiger partial charge in [-0.25, -0.2) is 10.9 Å². The zero-order valence-electron chi connectivity index (χ0n) is 15.5. The van der Waals surface area contributed by atoms with Gasteiger partial charge in [-0.3, -0.25) is 9.59 Å². The van der Waals surface area contributed by atoms with Gasteiger partial charge in [0.05, 0.1) is 12.4 Å². The number of nitrogens with zero attached hydrogens (tertiary/aromatic N) is 2. The average molecular weight is 451 g/mol. The Balaban J connectivity index is 1.56. The fourth-order valence-corrected chi connectivity index (χ4v) is 3.28. The minimum Gasteiger partial charge on any atom is -0.273 e. The Bertz CT molecular complexity index is 819. The van der Waals surface area contributed by atoms with Crippen LogP contribution >= 0.6 is 35.0 Å². The third-order valence-corrected chi connectivity index (χ3v) is 5.22. The molecule has 2 N–H and O–H groups in total. The lowest BCUT2D eigenvalue weighted by Gasteiger charge is -2.02. The first-order valence-electron chi connectivity index (χ1n) is 8.77. The van der Waals surface area contributed by atoms with E-state index in [4.69, 9.17) is 23.2 Å². The Morgan fingerprint density at radius 3 is 1.62 bits per heavy atom. The van der Waals surface area contributed by atoms with Crippen molar-refractivity contribution in [1.29, 1.82) is 0 Å². The molecule has 0 heterocycles. The Kier molecular flexibility index (Phi) is 10.3. The third-order valence-electron chi connectivity index (χ3n) is 3.54. The minimum absolute atomic E-state index is 0.199. The van der Waals surface area contributed by atoms with E-state index < -0.39 is 0 Å². The van der Waals surface area contributed by atoms with E-state index in [-0.39, 0.29) is 11.8 Å². The highest BCUT2D eigenvalue weighted by Crippen LogP contribution is 2.13. The summed E-state index contributed by atoms with van der Waals surface area (Å²) in [6.07, 6.45) is 3.61. The van der Waals surface area contributed by atoms with Crippen LogP contribution in [-0.2, 0) is 9.59 Å². The number of amides is 2. The lowest BCUT2D eigenvalue weighted by Crippen LogP contribution is -2.19. The van der Waals surface area contributed by atoms with Crippen LogP contribution in [-0.4, -0.2) is 35.7 Å². The van der Waals surface area contributed by atoms with E-state index in [0.29, 0.717) is 34.4 Å². The lowest BCUT2D eigenvalue weighted by atomic mass is 10.2. The van der Waals surface area contributed by atoms with Gasteiger partial charge in [0.25, 0.3) is 0 Å². The van der Waals surface area contributed by atoms with Gasteiger partial charge in [-0.2, -0.15) is 22.0 Å². The SMILES string of the molecule is O=C(CCSCCC(=O)NN=Cc1ccccc1Cl)NN=Cc1ccccc1Cl. The monoisotopic (exact) mass is 450 g/mol. The van der Waals surface area contributed by atoms with E-state index in [1.165, 1.54) is 24.2 Å². The fraction of sp³-hybridized carbons (Fsp3) is 0.200. The highest BCUT2D eigenvalue weighted by atomic mass is 35.5. The zero-order chi connectivity index (χ0) is 20.9. The largest absolute Gasteiger partial charge is 0.273 e. The first-order valence-corrected chi connectivity index (χ1v) is 10.7. The number of halogens is 2. The van der Waals surface area contributed by atoms with Crippen molar-refractivity contribution in [3.05, 3.63) is 69.7 Å². The molecule has 0 fully saturated rings. The molecule has 0 saturated heterocycles. The average Bonchev–Trinajstić information content (AvgIpc) is 2.70. The lowest BCUT2D eigenvalue weighted by molar-refractivity contribution is -0.121. The van der Waals surface area contributed by atoms with Gasteiger partial charge >= 0.3 is 0 Å². The Morgan fingerprint density at radius 1 is 0.793 bits per heavy atom. The number of hydrogen-bond donors (Lipinski definition) is 2. The van der Waals surface area contributed by atoms with Crippen LogP contribution in [0.3, 0.4) is 0 Å². The summed E-state index contributed by atoms with van der Waals surface area (Å²) in [6, 6.07) is 14.4. The highest BCUT2D eigenvalue weighted by molar-refractivity contribution is 7.99. The fourth-order valence-electron chi connectivity index (χ4n) is 2.05. The van der Waals surface area contributed by atoms with Crippen molar-refractivity contribution in [3.8, 4) is 0 Å². The molecule has 0 aromatic heterocycles. The van der Waals surface area contributed by atoms with Crippen LogP contribution in [0.1, 0.15) is 24.0 Å². The molecule has 0 unspecified atom stereocenters. The summed E-state index contributed by atoms with van der Waals surface area (Å²) in [6.45, 7) is 0. The molecule has 0 bridgehead atoms. The van der Waals surface area contributed by atoms with E-state index in [2.05, 4.69) is 21.1 Å². The quantitative estimate of drug-likeness (QED) is 0.324. The topological polar surface area (TPSA) is 82.9 Å². The number of hydrazone groups is 2. The summed E-state index contributed by atoms with van der Waals surface area (Å²) in [4.78, 5) is 23.5. The van der Waals surface area contributed by atoms with Crippen molar-refractivity contribution in [2.24, 2.45) is 10.2 Å². The number of carbonyl (C=O) groups is 2. The maximum Gasteiger partial charge on any atom is 0.240 e. The molecule has 2 aromatic carbocycles. The van der Waals surface area contributed by atoms with Crippen LogP contribution in [0.15, 0.2) is 58.7 Å². The van der Waals surface area contributed by atoms with Crippen molar-refractivity contribution >= 4 is 59.2 Å². The molecule has 2 aromatic rings. The summed E-state index contributed by atoms with van der Waals surface area (Å²) in [5.74, 6) is 0.775. The van der Waals surface area contributed by atoms with E-state index in [1.54, 1.807) is 24.3 Å². The summed E-state index contributed by atoms with van der Waals surface area (Å²) in [7, 11) is 0. The van der Waals surface area contributed by atoms with Gasteiger partial charge in [-0.1, -0.05) is 59.6 Å². The molecule has 0 aliphatic rings. The van der Waals surface area contributed by atoms with Crippen LogP contribution in [0.2, 0.25) is 10.0 Å². The van der Waals surface area contributed by atoms with Gasteiger partial charge in [0.2, 0.25) is 11.8 Å². The maximum atomic E-state index is 11.7. The molecule has 2 amide bonds. The number of carbonyl (C=O) groups excluding carboxylic acids is 2. The number of thioether (sulfide) groups is 1. The molecule has 0 aliphatic carbocycles. The Labute approximate surface area is 183 Å². The van der Waals surface area contributed by atoms with Crippen molar-refractivity contribution in [2.75, 3.05) is 11.5 Å². The predicted octanol–water partition coefficient (Wildman–Crippen LogP) is 4.11. The molecule has 0 spiro atoms. The van der Waals surface area contributed by atoms with Crippen LogP contribution in [0, 0.1) is 0 Å². The summed E-state index contributed by atoms with van der Waals surface area (Å²) in [5, 5.41) is 8.90. The first-order chi connectivity index (χ1) is 14.1. The first kappa shape index (κ1) is 22.9. The van der Waals surface area contributed by atoms with E-state index in [0.717, 1.165) is 11.1 Å². The molecule has 0 aliphatic heterocycles. The number of hydrogen-bond acceptors (Lipinski definition) is 5. The normalized spacial score (nSPS) is 11.1. The van der Waals surface area contributed by atoms with Crippen LogP contribution < -0.4 is 10.9 Å². The van der Waals surface area contributed by atoms with Crippen molar-refractivity contribution in [3.63, 3.8) is 0 Å².